The van der Waals surface area contributed by atoms with Crippen LogP contribution in [-0.2, 0) is 4.74 Å². The van der Waals surface area contributed by atoms with Crippen LogP contribution in [0.15, 0.2) is 54.7 Å². The summed E-state index contributed by atoms with van der Waals surface area (Å²) in [7, 11) is 1.67. The van der Waals surface area contributed by atoms with E-state index in [0.717, 1.165) is 21.9 Å². The van der Waals surface area contributed by atoms with Gasteiger partial charge in [-0.25, -0.2) is 4.79 Å². The lowest BCUT2D eigenvalue weighted by Crippen LogP contribution is -2.29. The largest absolute Gasteiger partial charge is 0.478 e. The van der Waals surface area contributed by atoms with Crippen molar-refractivity contribution in [1.82, 2.24) is 9.88 Å². The third-order valence-corrected chi connectivity index (χ3v) is 6.77. The number of rotatable bonds is 5. The van der Waals surface area contributed by atoms with Crippen LogP contribution in [0.5, 0.6) is 11.5 Å². The minimum atomic E-state index is -0.957. The average molecular weight is 449 g/mol. The Bertz CT molecular complexity index is 1350. The Kier molecular flexibility index (Phi) is 5.24. The van der Waals surface area contributed by atoms with Crippen LogP contribution in [0.2, 0.25) is 0 Å². The number of thiophene rings is 1. The van der Waals surface area contributed by atoms with E-state index >= 15 is 0 Å². The molecule has 2 aromatic carbocycles. The molecule has 1 saturated heterocycles. The summed E-state index contributed by atoms with van der Waals surface area (Å²) in [6.45, 7) is 1.28. The van der Waals surface area contributed by atoms with Gasteiger partial charge in [0, 0.05) is 32.5 Å². The third-order valence-electron chi connectivity index (χ3n) is 5.64. The molecule has 7 nitrogen and oxygen atoms in total. The maximum absolute atomic E-state index is 12.9. The van der Waals surface area contributed by atoms with Crippen molar-refractivity contribution >= 4 is 44.2 Å². The Morgan fingerprint density at radius 1 is 1.12 bits per heavy atom. The molecular weight excluding hydrogens is 428 g/mol. The zero-order valence-corrected chi connectivity index (χ0v) is 18.1. The van der Waals surface area contributed by atoms with Gasteiger partial charge in [0.05, 0.1) is 26.8 Å². The van der Waals surface area contributed by atoms with Gasteiger partial charge in [0.25, 0.3) is 5.91 Å². The highest BCUT2D eigenvalue weighted by molar-refractivity contribution is 7.21. The summed E-state index contributed by atoms with van der Waals surface area (Å²) in [6.07, 6.45) is 2.59. The normalized spacial score (nSPS) is 16.0. The monoisotopic (exact) mass is 448 g/mol. The number of carboxylic acids is 1. The number of methoxy groups -OCH3 is 1. The Hall–Kier alpha value is -3.49. The SMILES string of the molecule is CO[C@@H]1CCN(C(=O)c2cc3nccc(Oc4ccc5cc(C(=O)O)ccc5c4)c3s2)C1. The molecule has 1 aliphatic heterocycles. The number of carboxylic acid groups (broad SMARTS) is 1. The predicted molar refractivity (Wildman–Crippen MR) is 122 cm³/mol. The van der Waals surface area contributed by atoms with Crippen LogP contribution in [0.4, 0.5) is 0 Å². The molecule has 1 fully saturated rings. The number of benzene rings is 2. The highest BCUT2D eigenvalue weighted by atomic mass is 32.1. The van der Waals surface area contributed by atoms with Crippen LogP contribution in [0.3, 0.4) is 0 Å². The second kappa shape index (κ2) is 8.22. The van der Waals surface area contributed by atoms with Gasteiger partial charge >= 0.3 is 5.97 Å². The maximum atomic E-state index is 12.9. The maximum Gasteiger partial charge on any atom is 0.335 e. The van der Waals surface area contributed by atoms with Crippen molar-refractivity contribution in [2.24, 2.45) is 0 Å². The van der Waals surface area contributed by atoms with Gasteiger partial charge in [0.1, 0.15) is 11.5 Å². The lowest BCUT2D eigenvalue weighted by molar-refractivity contribution is 0.0695. The van der Waals surface area contributed by atoms with E-state index in [1.54, 1.807) is 43.6 Å². The van der Waals surface area contributed by atoms with Gasteiger partial charge < -0.3 is 19.5 Å². The van der Waals surface area contributed by atoms with Gasteiger partial charge in [-0.1, -0.05) is 12.1 Å². The average Bonchev–Trinajstić information content (AvgIpc) is 3.46. The van der Waals surface area contributed by atoms with E-state index in [9.17, 15) is 9.59 Å². The predicted octanol–water partition coefficient (Wildman–Crippen LogP) is 4.80. The molecule has 3 heterocycles. The Balaban J connectivity index is 1.43. The number of aromatic nitrogens is 1. The zero-order chi connectivity index (χ0) is 22.2. The number of pyridine rings is 1. The molecule has 1 amide bonds. The van der Waals surface area contributed by atoms with Gasteiger partial charge in [-0.05, 0) is 47.5 Å². The molecule has 0 radical (unpaired) electrons. The third kappa shape index (κ3) is 3.79. The minimum Gasteiger partial charge on any atom is -0.478 e. The fourth-order valence-electron chi connectivity index (χ4n) is 3.91. The number of carbonyl (C=O) groups is 2. The molecule has 1 aliphatic rings. The number of likely N-dealkylation sites (tertiary alicyclic amines) is 1. The fraction of sp³-hybridized carbons (Fsp3) is 0.208. The summed E-state index contributed by atoms with van der Waals surface area (Å²) in [5.74, 6) is 0.271. The van der Waals surface area contributed by atoms with Crippen molar-refractivity contribution in [3.05, 3.63) is 65.2 Å². The first-order chi connectivity index (χ1) is 15.5. The number of nitrogens with zero attached hydrogens (tertiary/aromatic N) is 2. The smallest absolute Gasteiger partial charge is 0.335 e. The van der Waals surface area contributed by atoms with Crippen molar-refractivity contribution in [3.8, 4) is 11.5 Å². The van der Waals surface area contributed by atoms with E-state index in [1.807, 2.05) is 23.1 Å². The van der Waals surface area contributed by atoms with Crippen molar-refractivity contribution in [2.75, 3.05) is 20.2 Å². The van der Waals surface area contributed by atoms with Crippen LogP contribution < -0.4 is 4.74 Å². The van der Waals surface area contributed by atoms with E-state index in [4.69, 9.17) is 14.6 Å². The molecule has 1 atom stereocenters. The molecule has 1 N–H and O–H groups in total. The van der Waals surface area contributed by atoms with Gasteiger partial charge in [0.2, 0.25) is 0 Å². The second-order valence-electron chi connectivity index (χ2n) is 7.66. The highest BCUT2D eigenvalue weighted by Crippen LogP contribution is 2.36. The van der Waals surface area contributed by atoms with Crippen LogP contribution in [0.1, 0.15) is 26.5 Å². The molecule has 2 aromatic heterocycles. The number of amides is 1. The molecule has 162 valence electrons. The second-order valence-corrected chi connectivity index (χ2v) is 8.71. The first-order valence-electron chi connectivity index (χ1n) is 10.2. The molecular formula is C24H20N2O5S. The van der Waals surface area contributed by atoms with E-state index in [2.05, 4.69) is 4.98 Å². The standard InChI is InChI=1S/C24H20N2O5S/c1-30-18-7-9-26(13-18)23(27)21-12-19-22(32-21)20(6-8-25-19)31-17-5-4-14-10-16(24(28)29)3-2-15(14)11-17/h2-6,8,10-12,18H,7,9,13H2,1H3,(H,28,29)/t18-/m1/s1. The summed E-state index contributed by atoms with van der Waals surface area (Å²) in [6, 6.07) is 14.1. The van der Waals surface area contributed by atoms with Crippen molar-refractivity contribution in [3.63, 3.8) is 0 Å². The molecule has 0 aliphatic carbocycles. The summed E-state index contributed by atoms with van der Waals surface area (Å²) in [5.41, 5.74) is 0.956. The zero-order valence-electron chi connectivity index (χ0n) is 17.3. The van der Waals surface area contributed by atoms with Crippen LogP contribution >= 0.6 is 11.3 Å². The van der Waals surface area contributed by atoms with E-state index in [-0.39, 0.29) is 17.6 Å². The van der Waals surface area contributed by atoms with Crippen LogP contribution in [0.25, 0.3) is 21.0 Å². The number of fused-ring (bicyclic) bond motifs is 2. The number of ether oxygens (including phenoxy) is 2. The highest BCUT2D eigenvalue weighted by Gasteiger charge is 2.28. The van der Waals surface area contributed by atoms with Crippen molar-refractivity contribution in [2.45, 2.75) is 12.5 Å². The molecule has 0 spiro atoms. The molecule has 0 saturated carbocycles. The van der Waals surface area contributed by atoms with Crippen LogP contribution in [-0.4, -0.2) is 53.2 Å². The molecule has 0 bridgehead atoms. The summed E-state index contributed by atoms with van der Waals surface area (Å²) >= 11 is 1.37. The van der Waals surface area contributed by atoms with Gasteiger partial charge in [0.15, 0.2) is 0 Å². The summed E-state index contributed by atoms with van der Waals surface area (Å²) in [4.78, 5) is 31.0. The lowest BCUT2D eigenvalue weighted by atomic mass is 10.1. The fourth-order valence-corrected chi connectivity index (χ4v) is 4.94. The Morgan fingerprint density at radius 2 is 1.94 bits per heavy atom. The topological polar surface area (TPSA) is 89.0 Å². The van der Waals surface area contributed by atoms with Crippen molar-refractivity contribution < 1.29 is 24.2 Å². The first-order valence-corrected chi connectivity index (χ1v) is 11.0. The first kappa shape index (κ1) is 20.4. The van der Waals surface area contributed by atoms with E-state index < -0.39 is 5.97 Å². The van der Waals surface area contributed by atoms with Crippen LogP contribution in [0, 0.1) is 0 Å². The molecule has 4 aromatic rings. The van der Waals surface area contributed by atoms with Crippen molar-refractivity contribution in [1.29, 1.82) is 0 Å². The van der Waals surface area contributed by atoms with Gasteiger partial charge in [-0.3, -0.25) is 9.78 Å². The number of aromatic carboxylic acids is 1. The number of hydrogen-bond acceptors (Lipinski definition) is 6. The Morgan fingerprint density at radius 3 is 2.72 bits per heavy atom. The molecule has 8 heteroatoms. The molecule has 32 heavy (non-hydrogen) atoms. The van der Waals surface area contributed by atoms with Gasteiger partial charge in [-0.15, -0.1) is 11.3 Å². The number of hydrogen-bond donors (Lipinski definition) is 1. The molecule has 5 rings (SSSR count). The summed E-state index contributed by atoms with van der Waals surface area (Å²) in [5, 5.41) is 10.9. The summed E-state index contributed by atoms with van der Waals surface area (Å²) < 4.78 is 12.3. The lowest BCUT2D eigenvalue weighted by Gasteiger charge is -2.14. The van der Waals surface area contributed by atoms with Gasteiger partial charge in [-0.2, -0.15) is 0 Å². The number of carbonyl (C=O) groups excluding carboxylic acids is 1. The van der Waals surface area contributed by atoms with E-state index in [0.29, 0.717) is 35.0 Å². The Labute approximate surface area is 187 Å². The minimum absolute atomic E-state index is 0.0153. The molecule has 0 unspecified atom stereocenters. The quantitative estimate of drug-likeness (QED) is 0.472. The van der Waals surface area contributed by atoms with E-state index in [1.165, 1.54) is 11.3 Å².